The van der Waals surface area contributed by atoms with Gasteiger partial charge in [0, 0.05) is 6.92 Å². The third-order valence-corrected chi connectivity index (χ3v) is 5.92. The van der Waals surface area contributed by atoms with Gasteiger partial charge in [-0.3, -0.25) is 4.79 Å². The number of aliphatic hydroxyl groups is 1. The van der Waals surface area contributed by atoms with Gasteiger partial charge in [0.15, 0.2) is 6.29 Å². The highest BCUT2D eigenvalue weighted by Gasteiger charge is 2.48. The van der Waals surface area contributed by atoms with Crippen molar-refractivity contribution >= 4 is 5.97 Å². The average molecular weight is 493 g/mol. The highest BCUT2D eigenvalue weighted by atomic mass is 16.7. The van der Waals surface area contributed by atoms with Crippen LogP contribution in [0.4, 0.5) is 0 Å². The van der Waals surface area contributed by atoms with E-state index in [2.05, 4.69) is 0 Å². The van der Waals surface area contributed by atoms with E-state index in [1.165, 1.54) is 6.92 Å². The van der Waals surface area contributed by atoms with E-state index in [4.69, 9.17) is 23.7 Å². The quantitative estimate of drug-likeness (QED) is 0.405. The normalized spacial score (nSPS) is 23.8. The summed E-state index contributed by atoms with van der Waals surface area (Å²) >= 11 is 0. The first-order valence-corrected chi connectivity index (χ1v) is 12.0. The van der Waals surface area contributed by atoms with Gasteiger partial charge >= 0.3 is 5.97 Å². The Morgan fingerprint density at radius 1 is 0.694 bits per heavy atom. The molecule has 0 spiro atoms. The molecule has 2 unspecified atom stereocenters. The minimum atomic E-state index is -1.30. The van der Waals surface area contributed by atoms with E-state index in [1.54, 1.807) is 0 Å². The van der Waals surface area contributed by atoms with Crippen molar-refractivity contribution < 1.29 is 33.6 Å². The largest absolute Gasteiger partial charge is 0.463 e. The summed E-state index contributed by atoms with van der Waals surface area (Å²) in [6.07, 6.45) is -4.24. The third-order valence-electron chi connectivity index (χ3n) is 5.92. The molecule has 3 aromatic rings. The second-order valence-corrected chi connectivity index (χ2v) is 8.65. The molecule has 0 bridgehead atoms. The summed E-state index contributed by atoms with van der Waals surface area (Å²) in [4.78, 5) is 11.5. The first-order chi connectivity index (χ1) is 17.6. The minimum absolute atomic E-state index is 0.0809. The van der Waals surface area contributed by atoms with Crippen LogP contribution in [0.5, 0.6) is 0 Å². The van der Waals surface area contributed by atoms with Crippen molar-refractivity contribution in [1.82, 2.24) is 0 Å². The number of ether oxygens (including phenoxy) is 5. The lowest BCUT2D eigenvalue weighted by molar-refractivity contribution is -0.315. The Morgan fingerprint density at radius 3 is 1.56 bits per heavy atom. The van der Waals surface area contributed by atoms with Gasteiger partial charge in [0.1, 0.15) is 31.0 Å². The molecule has 1 fully saturated rings. The second kappa shape index (κ2) is 13.3. The fourth-order valence-corrected chi connectivity index (χ4v) is 4.10. The maximum Gasteiger partial charge on any atom is 0.302 e. The van der Waals surface area contributed by atoms with Crippen molar-refractivity contribution in [2.75, 3.05) is 6.61 Å². The van der Waals surface area contributed by atoms with Gasteiger partial charge in [-0.05, 0) is 16.7 Å². The maximum absolute atomic E-state index is 11.5. The zero-order chi connectivity index (χ0) is 25.2. The van der Waals surface area contributed by atoms with E-state index < -0.39 is 36.7 Å². The summed E-state index contributed by atoms with van der Waals surface area (Å²) in [7, 11) is 0. The number of hydrogen-bond donors (Lipinski definition) is 1. The van der Waals surface area contributed by atoms with E-state index in [0.717, 1.165) is 16.7 Å². The van der Waals surface area contributed by atoms with Crippen LogP contribution in [0.3, 0.4) is 0 Å². The molecular weight excluding hydrogens is 460 g/mol. The first kappa shape index (κ1) is 26.0. The van der Waals surface area contributed by atoms with Crippen LogP contribution in [0.15, 0.2) is 91.0 Å². The number of esters is 1. The van der Waals surface area contributed by atoms with Crippen LogP contribution in [-0.2, 0) is 48.3 Å². The molecule has 0 radical (unpaired) electrons. The van der Waals surface area contributed by atoms with Crippen LogP contribution in [-0.4, -0.2) is 48.4 Å². The van der Waals surface area contributed by atoms with Crippen LogP contribution in [0.2, 0.25) is 0 Å². The number of carbonyl (C=O) groups is 1. The summed E-state index contributed by atoms with van der Waals surface area (Å²) < 4.78 is 29.9. The molecule has 0 aliphatic carbocycles. The monoisotopic (exact) mass is 492 g/mol. The van der Waals surface area contributed by atoms with Gasteiger partial charge in [0.2, 0.25) is 0 Å². The summed E-state index contributed by atoms with van der Waals surface area (Å²) in [5.74, 6) is -0.445. The van der Waals surface area contributed by atoms with Crippen LogP contribution in [0.1, 0.15) is 23.6 Å². The molecule has 36 heavy (non-hydrogen) atoms. The van der Waals surface area contributed by atoms with Crippen LogP contribution in [0, 0.1) is 0 Å². The van der Waals surface area contributed by atoms with Gasteiger partial charge in [0.25, 0.3) is 0 Å². The maximum atomic E-state index is 11.5. The van der Waals surface area contributed by atoms with E-state index in [1.807, 2.05) is 91.0 Å². The second-order valence-electron chi connectivity index (χ2n) is 8.65. The Labute approximate surface area is 211 Å². The molecule has 5 atom stereocenters. The molecule has 1 aliphatic heterocycles. The zero-order valence-corrected chi connectivity index (χ0v) is 20.3. The van der Waals surface area contributed by atoms with Crippen molar-refractivity contribution in [1.29, 1.82) is 0 Å². The molecule has 1 heterocycles. The van der Waals surface area contributed by atoms with Crippen molar-refractivity contribution in [2.45, 2.75) is 57.5 Å². The number of carbonyl (C=O) groups excluding carboxylic acids is 1. The summed E-state index contributed by atoms with van der Waals surface area (Å²) in [5, 5.41) is 10.9. The molecule has 0 amide bonds. The Bertz CT molecular complexity index is 1040. The third kappa shape index (κ3) is 7.46. The lowest BCUT2D eigenvalue weighted by Crippen LogP contribution is -2.61. The van der Waals surface area contributed by atoms with Crippen LogP contribution in [0.25, 0.3) is 0 Å². The smallest absolute Gasteiger partial charge is 0.302 e. The number of aliphatic hydroxyl groups excluding tert-OH is 1. The molecule has 1 saturated heterocycles. The van der Waals surface area contributed by atoms with Gasteiger partial charge in [-0.25, -0.2) is 0 Å². The molecule has 4 rings (SSSR count). The van der Waals surface area contributed by atoms with E-state index in [0.29, 0.717) is 0 Å². The summed E-state index contributed by atoms with van der Waals surface area (Å²) in [5.41, 5.74) is 2.90. The van der Waals surface area contributed by atoms with Crippen LogP contribution < -0.4 is 0 Å². The number of hydrogen-bond acceptors (Lipinski definition) is 7. The molecule has 0 saturated carbocycles. The van der Waals surface area contributed by atoms with Gasteiger partial charge < -0.3 is 28.8 Å². The molecule has 7 nitrogen and oxygen atoms in total. The predicted octanol–water partition coefficient (Wildman–Crippen LogP) is 4.02. The SMILES string of the molecule is CC(=O)OCC1O[C@@H](O)C(OCc2ccccc2)[C@@H](OCc2ccccc2)[C@H]1OCc1ccccc1. The van der Waals surface area contributed by atoms with Crippen LogP contribution >= 0.6 is 0 Å². The highest BCUT2D eigenvalue weighted by molar-refractivity contribution is 5.65. The fraction of sp³-hybridized carbons (Fsp3) is 0.345. The molecule has 1 aliphatic rings. The number of rotatable bonds is 11. The predicted molar refractivity (Wildman–Crippen MR) is 133 cm³/mol. The van der Waals surface area contributed by atoms with Crippen molar-refractivity contribution in [3.63, 3.8) is 0 Å². The molecule has 3 aromatic carbocycles. The van der Waals surface area contributed by atoms with Gasteiger partial charge in [-0.1, -0.05) is 91.0 Å². The molecule has 0 aromatic heterocycles. The Kier molecular flexibility index (Phi) is 9.61. The lowest BCUT2D eigenvalue weighted by atomic mass is 9.98. The van der Waals surface area contributed by atoms with E-state index in [9.17, 15) is 9.90 Å². The molecule has 190 valence electrons. The Morgan fingerprint density at radius 2 is 1.11 bits per heavy atom. The highest BCUT2D eigenvalue weighted by Crippen LogP contribution is 2.30. The standard InChI is InChI=1S/C29H32O7/c1-21(30)32-20-25-26(33-17-22-11-5-2-6-12-22)27(34-18-23-13-7-3-8-14-23)28(29(31)36-25)35-19-24-15-9-4-10-16-24/h2-16,25-29,31H,17-20H2,1H3/t25?,26-,27-,28?,29+/m0/s1. The number of benzene rings is 3. The molecule has 1 N–H and O–H groups in total. The summed E-state index contributed by atoms with van der Waals surface area (Å²) in [6.45, 7) is 2.08. The van der Waals surface area contributed by atoms with Gasteiger partial charge in [-0.15, -0.1) is 0 Å². The van der Waals surface area contributed by atoms with Gasteiger partial charge in [-0.2, -0.15) is 0 Å². The van der Waals surface area contributed by atoms with Gasteiger partial charge in [0.05, 0.1) is 19.8 Å². The summed E-state index contributed by atoms with van der Waals surface area (Å²) in [6, 6.07) is 29.2. The van der Waals surface area contributed by atoms with Crippen molar-refractivity contribution in [3.8, 4) is 0 Å². The zero-order valence-electron chi connectivity index (χ0n) is 20.3. The molecular formula is C29H32O7. The van der Waals surface area contributed by atoms with Crippen molar-refractivity contribution in [3.05, 3.63) is 108 Å². The fourth-order valence-electron chi connectivity index (χ4n) is 4.10. The lowest BCUT2D eigenvalue weighted by Gasteiger charge is -2.44. The molecule has 7 heteroatoms. The topological polar surface area (TPSA) is 83.5 Å². The van der Waals surface area contributed by atoms with E-state index >= 15 is 0 Å². The van der Waals surface area contributed by atoms with E-state index in [-0.39, 0.29) is 26.4 Å². The van der Waals surface area contributed by atoms with Crippen molar-refractivity contribution in [2.24, 2.45) is 0 Å². The average Bonchev–Trinajstić information content (AvgIpc) is 2.91. The Hall–Kier alpha value is -3.07. The minimum Gasteiger partial charge on any atom is -0.463 e. The Balaban J connectivity index is 1.57. The first-order valence-electron chi connectivity index (χ1n) is 12.0.